The van der Waals surface area contributed by atoms with Gasteiger partial charge in [0.05, 0.1) is 0 Å². The summed E-state index contributed by atoms with van der Waals surface area (Å²) in [5.41, 5.74) is 2.12. The number of aromatic carboxylic acids is 1. The molecule has 18 heavy (non-hydrogen) atoms. The predicted octanol–water partition coefficient (Wildman–Crippen LogP) is -0.420. The van der Waals surface area contributed by atoms with Crippen LogP contribution in [0.25, 0.3) is 0 Å². The Hall–Kier alpha value is -1.15. The first-order chi connectivity index (χ1) is 7.11. The SMILES string of the molecule is CC(C)n1nc(C(=O)O)c2c1CCNC2.Cl.O.O. The van der Waals surface area contributed by atoms with Crippen molar-refractivity contribution in [1.82, 2.24) is 15.1 Å². The lowest BCUT2D eigenvalue weighted by Gasteiger charge is -2.16. The maximum absolute atomic E-state index is 11.0. The van der Waals surface area contributed by atoms with E-state index in [2.05, 4.69) is 10.4 Å². The van der Waals surface area contributed by atoms with E-state index in [0.29, 0.717) is 6.54 Å². The van der Waals surface area contributed by atoms with Crippen molar-refractivity contribution in [3.8, 4) is 0 Å². The maximum atomic E-state index is 11.0. The van der Waals surface area contributed by atoms with Crippen LogP contribution in [0.1, 0.15) is 41.6 Å². The molecule has 0 aromatic carbocycles. The smallest absolute Gasteiger partial charge is 0.356 e. The average Bonchev–Trinajstić information content (AvgIpc) is 2.56. The Kier molecular flexibility index (Phi) is 7.81. The summed E-state index contributed by atoms with van der Waals surface area (Å²) >= 11 is 0. The molecule has 0 fully saturated rings. The van der Waals surface area contributed by atoms with Crippen LogP contribution in [0.15, 0.2) is 0 Å². The molecule has 106 valence electrons. The van der Waals surface area contributed by atoms with E-state index in [9.17, 15) is 4.79 Å². The summed E-state index contributed by atoms with van der Waals surface area (Å²) in [6.45, 7) is 5.54. The van der Waals surface area contributed by atoms with Gasteiger partial charge < -0.3 is 21.4 Å². The molecule has 0 radical (unpaired) electrons. The maximum Gasteiger partial charge on any atom is 0.356 e. The van der Waals surface area contributed by atoms with Crippen molar-refractivity contribution >= 4 is 18.4 Å². The van der Waals surface area contributed by atoms with Gasteiger partial charge in [0.15, 0.2) is 5.69 Å². The summed E-state index contributed by atoms with van der Waals surface area (Å²) in [5.74, 6) is -0.936. The fraction of sp³-hybridized carbons (Fsp3) is 0.600. The standard InChI is InChI=1S/C10H15N3O2.ClH.2H2O/c1-6(2)13-8-3-4-11-5-7(8)9(12-13)10(14)15;;;/h6,11H,3-5H2,1-2H3,(H,14,15);1H;2*1H2. The fourth-order valence-corrected chi connectivity index (χ4v) is 1.97. The minimum atomic E-state index is -0.936. The zero-order valence-corrected chi connectivity index (χ0v) is 11.2. The molecule has 0 atom stereocenters. The predicted molar refractivity (Wildman–Crippen MR) is 69.5 cm³/mol. The number of nitrogens with zero attached hydrogens (tertiary/aromatic N) is 2. The molecule has 0 unspecified atom stereocenters. The Labute approximate surface area is 111 Å². The van der Waals surface area contributed by atoms with Gasteiger partial charge in [-0.3, -0.25) is 4.68 Å². The first-order valence-electron chi connectivity index (χ1n) is 5.15. The Bertz CT molecular complexity index is 406. The van der Waals surface area contributed by atoms with E-state index < -0.39 is 5.97 Å². The van der Waals surface area contributed by atoms with Gasteiger partial charge in [-0.1, -0.05) is 0 Å². The third kappa shape index (κ3) is 3.20. The van der Waals surface area contributed by atoms with Crippen LogP contribution in [0.2, 0.25) is 0 Å². The van der Waals surface area contributed by atoms with Crippen molar-refractivity contribution < 1.29 is 20.9 Å². The van der Waals surface area contributed by atoms with E-state index in [4.69, 9.17) is 5.11 Å². The van der Waals surface area contributed by atoms with Gasteiger partial charge in [0.1, 0.15) is 0 Å². The van der Waals surface area contributed by atoms with Crippen LogP contribution >= 0.6 is 12.4 Å². The highest BCUT2D eigenvalue weighted by Gasteiger charge is 2.25. The van der Waals surface area contributed by atoms with E-state index in [0.717, 1.165) is 24.2 Å². The van der Waals surface area contributed by atoms with Crippen LogP contribution in [0.3, 0.4) is 0 Å². The minimum Gasteiger partial charge on any atom is -0.476 e. The van der Waals surface area contributed by atoms with Crippen molar-refractivity contribution in [3.63, 3.8) is 0 Å². The normalized spacial score (nSPS) is 12.8. The van der Waals surface area contributed by atoms with E-state index in [1.807, 2.05) is 18.5 Å². The van der Waals surface area contributed by atoms with Crippen molar-refractivity contribution in [1.29, 1.82) is 0 Å². The molecular weight excluding hydrogens is 262 g/mol. The number of halogens is 1. The molecule has 2 rings (SSSR count). The van der Waals surface area contributed by atoms with E-state index >= 15 is 0 Å². The highest BCUT2D eigenvalue weighted by atomic mass is 35.5. The lowest BCUT2D eigenvalue weighted by atomic mass is 10.1. The van der Waals surface area contributed by atoms with E-state index in [-0.39, 0.29) is 35.1 Å². The lowest BCUT2D eigenvalue weighted by molar-refractivity contribution is 0.0688. The number of hydrogen-bond donors (Lipinski definition) is 2. The van der Waals surface area contributed by atoms with E-state index in [1.54, 1.807) is 0 Å². The molecule has 2 heterocycles. The molecule has 8 heteroatoms. The lowest BCUT2D eigenvalue weighted by Crippen LogP contribution is -2.25. The van der Waals surface area contributed by atoms with Crippen LogP contribution < -0.4 is 5.32 Å². The van der Waals surface area contributed by atoms with Gasteiger partial charge in [-0.25, -0.2) is 4.79 Å². The summed E-state index contributed by atoms with van der Waals surface area (Å²) in [6.07, 6.45) is 0.855. The number of carboxylic acid groups (broad SMARTS) is 1. The molecule has 1 aromatic rings. The summed E-state index contributed by atoms with van der Waals surface area (Å²) in [4.78, 5) is 11.0. The Morgan fingerprint density at radius 2 is 2.06 bits per heavy atom. The Morgan fingerprint density at radius 3 is 2.56 bits per heavy atom. The van der Waals surface area contributed by atoms with Gasteiger partial charge >= 0.3 is 5.97 Å². The molecule has 7 nitrogen and oxygen atoms in total. The quantitative estimate of drug-likeness (QED) is 0.762. The molecule has 0 amide bonds. The van der Waals surface area contributed by atoms with Gasteiger partial charge in [0, 0.05) is 36.8 Å². The third-order valence-electron chi connectivity index (χ3n) is 2.65. The summed E-state index contributed by atoms with van der Waals surface area (Å²) in [7, 11) is 0. The highest BCUT2D eigenvalue weighted by molar-refractivity contribution is 5.87. The van der Waals surface area contributed by atoms with Crippen molar-refractivity contribution in [2.45, 2.75) is 32.9 Å². The fourth-order valence-electron chi connectivity index (χ4n) is 1.97. The number of carboxylic acids is 1. The summed E-state index contributed by atoms with van der Waals surface area (Å²) < 4.78 is 1.83. The number of hydrogen-bond acceptors (Lipinski definition) is 3. The molecule has 0 spiro atoms. The number of nitrogens with one attached hydrogen (secondary N) is 1. The van der Waals surface area contributed by atoms with Crippen LogP contribution in [0.4, 0.5) is 0 Å². The molecule has 6 N–H and O–H groups in total. The molecule has 0 bridgehead atoms. The monoisotopic (exact) mass is 281 g/mol. The zero-order valence-electron chi connectivity index (χ0n) is 10.4. The van der Waals surface area contributed by atoms with E-state index in [1.165, 1.54) is 0 Å². The second-order valence-electron chi connectivity index (χ2n) is 4.04. The molecule has 0 saturated heterocycles. The first kappa shape index (κ1) is 19.2. The van der Waals surface area contributed by atoms with Gasteiger partial charge in [-0.2, -0.15) is 5.10 Å². The second-order valence-corrected chi connectivity index (χ2v) is 4.04. The number of carbonyl (C=O) groups is 1. The van der Waals surface area contributed by atoms with Crippen molar-refractivity contribution in [2.24, 2.45) is 0 Å². The van der Waals surface area contributed by atoms with Gasteiger partial charge in [0.2, 0.25) is 0 Å². The molecule has 1 aliphatic heterocycles. The number of aromatic nitrogens is 2. The van der Waals surface area contributed by atoms with Crippen molar-refractivity contribution in [2.75, 3.05) is 6.54 Å². The highest BCUT2D eigenvalue weighted by Crippen LogP contribution is 2.21. The van der Waals surface area contributed by atoms with Crippen molar-refractivity contribution in [3.05, 3.63) is 17.0 Å². The second kappa shape index (κ2) is 7.32. The first-order valence-corrected chi connectivity index (χ1v) is 5.15. The number of rotatable bonds is 2. The zero-order chi connectivity index (χ0) is 11.0. The van der Waals surface area contributed by atoms with Gasteiger partial charge in [0.25, 0.3) is 0 Å². The van der Waals surface area contributed by atoms with Crippen LogP contribution in [-0.4, -0.2) is 38.4 Å². The molecule has 0 saturated carbocycles. The molecule has 1 aliphatic rings. The number of fused-ring (bicyclic) bond motifs is 1. The Morgan fingerprint density at radius 1 is 1.44 bits per heavy atom. The minimum absolute atomic E-state index is 0. The van der Waals surface area contributed by atoms with Crippen LogP contribution in [0.5, 0.6) is 0 Å². The van der Waals surface area contributed by atoms with Crippen LogP contribution in [-0.2, 0) is 13.0 Å². The average molecular weight is 282 g/mol. The van der Waals surface area contributed by atoms with Gasteiger partial charge in [-0.05, 0) is 13.8 Å². The molecule has 0 aliphatic carbocycles. The summed E-state index contributed by atoms with van der Waals surface area (Å²) in [5, 5.41) is 16.4. The van der Waals surface area contributed by atoms with Gasteiger partial charge in [-0.15, -0.1) is 12.4 Å². The Balaban J connectivity index is 0. The van der Waals surface area contributed by atoms with Crippen LogP contribution in [0, 0.1) is 0 Å². The summed E-state index contributed by atoms with van der Waals surface area (Å²) in [6, 6.07) is 0.213. The largest absolute Gasteiger partial charge is 0.476 e. The molecule has 1 aromatic heterocycles. The molecular formula is C10H20ClN3O4. The third-order valence-corrected chi connectivity index (χ3v) is 2.65. The topological polar surface area (TPSA) is 130 Å².